The van der Waals surface area contributed by atoms with E-state index in [0.29, 0.717) is 6.10 Å². The summed E-state index contributed by atoms with van der Waals surface area (Å²) in [5, 5.41) is 0. The van der Waals surface area contributed by atoms with Gasteiger partial charge >= 0.3 is 0 Å². The largest absolute Gasteiger partial charge is 0.381 e. The fraction of sp³-hybridized carbons (Fsp3) is 1.00. The first-order chi connectivity index (χ1) is 16.3. The van der Waals surface area contributed by atoms with E-state index in [1.807, 2.05) is 7.11 Å². The van der Waals surface area contributed by atoms with Crippen LogP contribution in [0.3, 0.4) is 0 Å². The monoisotopic (exact) mass is 491 g/mol. The second kappa shape index (κ2) is 12.3. The molecule has 198 valence electrons. The molecule has 0 radical (unpaired) electrons. The topological polar surface area (TPSA) is 12.5 Å². The molecule has 0 bridgehead atoms. The van der Waals surface area contributed by atoms with E-state index in [2.05, 4.69) is 46.7 Å². The first kappa shape index (κ1) is 27.4. The number of hydrogen-bond acceptors (Lipinski definition) is 2. The molecule has 4 aliphatic rings. The molecule has 0 spiro atoms. The SMILES string of the molecule is COC1C(C)CCC(P(C2CC(C)C[C@@H](C)C2)[C@H]2CCC[C@H]2C(C2CCCCC2)N(C)C)[C@@H]1C. The lowest BCUT2D eigenvalue weighted by Crippen LogP contribution is -2.48. The third-order valence-corrected chi connectivity index (χ3v) is 15.1. The van der Waals surface area contributed by atoms with Crippen LogP contribution in [0.1, 0.15) is 111 Å². The zero-order chi connectivity index (χ0) is 24.4. The van der Waals surface area contributed by atoms with Gasteiger partial charge in [0.1, 0.15) is 0 Å². The van der Waals surface area contributed by atoms with Crippen LogP contribution in [0.5, 0.6) is 0 Å². The molecule has 0 amide bonds. The van der Waals surface area contributed by atoms with E-state index in [1.165, 1.54) is 83.5 Å². The summed E-state index contributed by atoms with van der Waals surface area (Å²) in [5.74, 6) is 5.22. The summed E-state index contributed by atoms with van der Waals surface area (Å²) in [5.41, 5.74) is 2.94. The first-order valence-corrected chi connectivity index (χ1v) is 16.8. The van der Waals surface area contributed by atoms with Crippen molar-refractivity contribution in [3.63, 3.8) is 0 Å². The van der Waals surface area contributed by atoms with Crippen LogP contribution < -0.4 is 0 Å². The van der Waals surface area contributed by atoms with Crippen molar-refractivity contribution in [2.45, 2.75) is 140 Å². The highest BCUT2D eigenvalue weighted by Gasteiger charge is 2.50. The van der Waals surface area contributed by atoms with Gasteiger partial charge in [0.2, 0.25) is 0 Å². The summed E-state index contributed by atoms with van der Waals surface area (Å²) in [4.78, 5) is 2.70. The van der Waals surface area contributed by atoms with Gasteiger partial charge in [-0.05, 0) is 124 Å². The van der Waals surface area contributed by atoms with Gasteiger partial charge in [0.05, 0.1) is 6.10 Å². The van der Waals surface area contributed by atoms with E-state index in [1.54, 1.807) is 0 Å². The average Bonchev–Trinajstić information content (AvgIpc) is 3.24. The molecule has 4 saturated carbocycles. The van der Waals surface area contributed by atoms with Crippen LogP contribution >= 0.6 is 7.92 Å². The molecule has 2 nitrogen and oxygen atoms in total. The van der Waals surface area contributed by atoms with Gasteiger partial charge in [0, 0.05) is 13.2 Å². The Morgan fingerprint density at radius 3 is 2.03 bits per heavy atom. The summed E-state index contributed by atoms with van der Waals surface area (Å²) in [6.45, 7) is 10.2. The van der Waals surface area contributed by atoms with E-state index in [0.717, 1.165) is 58.5 Å². The molecule has 4 fully saturated rings. The molecule has 0 N–H and O–H groups in total. The van der Waals surface area contributed by atoms with E-state index < -0.39 is 0 Å². The normalized spacial score (nSPS) is 44.3. The van der Waals surface area contributed by atoms with Crippen molar-refractivity contribution >= 4 is 7.92 Å². The lowest BCUT2D eigenvalue weighted by atomic mass is 9.77. The van der Waals surface area contributed by atoms with Crippen LogP contribution in [0.4, 0.5) is 0 Å². The first-order valence-electron chi connectivity index (χ1n) is 15.3. The number of nitrogens with zero attached hydrogens (tertiary/aromatic N) is 1. The van der Waals surface area contributed by atoms with Crippen LogP contribution in [-0.4, -0.2) is 55.2 Å². The predicted molar refractivity (Wildman–Crippen MR) is 150 cm³/mol. The van der Waals surface area contributed by atoms with Gasteiger partial charge in [0.25, 0.3) is 0 Å². The van der Waals surface area contributed by atoms with Gasteiger partial charge in [-0.25, -0.2) is 0 Å². The number of hydrogen-bond donors (Lipinski definition) is 0. The molecule has 11 atom stereocenters. The molecule has 3 heteroatoms. The molecule has 0 aromatic carbocycles. The van der Waals surface area contributed by atoms with E-state index >= 15 is 0 Å². The second-order valence-corrected chi connectivity index (χ2v) is 16.7. The summed E-state index contributed by atoms with van der Waals surface area (Å²) >= 11 is 0. The smallest absolute Gasteiger partial charge is 0.0628 e. The lowest BCUT2D eigenvalue weighted by molar-refractivity contribution is -0.00525. The second-order valence-electron chi connectivity index (χ2n) is 13.7. The highest BCUT2D eigenvalue weighted by Crippen LogP contribution is 2.66. The number of rotatable bonds is 7. The maximum Gasteiger partial charge on any atom is 0.0628 e. The van der Waals surface area contributed by atoms with Crippen LogP contribution in [-0.2, 0) is 4.74 Å². The van der Waals surface area contributed by atoms with Crippen molar-refractivity contribution < 1.29 is 4.74 Å². The molecular formula is C31H58NOP. The van der Waals surface area contributed by atoms with Crippen LogP contribution in [0.2, 0.25) is 0 Å². The standard InChI is InChI=1S/C31H58NOP/c1-21-18-22(2)20-26(19-21)34(28-17-16-23(3)31(33-7)24(28)4)29-15-11-14-27(29)30(32(5)6)25-12-9-8-10-13-25/h21-31H,8-20H2,1-7H3/t21-,22?,23?,24+,26?,27-,28?,29+,30?,31?,34?/m1/s1. The van der Waals surface area contributed by atoms with Gasteiger partial charge in [-0.15, -0.1) is 0 Å². The van der Waals surface area contributed by atoms with Crippen molar-refractivity contribution in [1.29, 1.82) is 0 Å². The third-order valence-electron chi connectivity index (χ3n) is 10.9. The molecule has 0 aliphatic heterocycles. The summed E-state index contributed by atoms with van der Waals surface area (Å²) in [6, 6.07) is 0.826. The maximum atomic E-state index is 6.20. The molecule has 4 rings (SSSR count). The summed E-state index contributed by atoms with van der Waals surface area (Å²) in [6.07, 6.45) is 19.8. The van der Waals surface area contributed by atoms with Crippen molar-refractivity contribution in [3.8, 4) is 0 Å². The summed E-state index contributed by atoms with van der Waals surface area (Å²) < 4.78 is 6.20. The highest BCUT2D eigenvalue weighted by molar-refractivity contribution is 7.60. The van der Waals surface area contributed by atoms with Crippen molar-refractivity contribution in [2.75, 3.05) is 21.2 Å². The Bertz CT molecular complexity index is 609. The summed E-state index contributed by atoms with van der Waals surface area (Å²) in [7, 11) is 6.88. The fourth-order valence-electron chi connectivity index (χ4n) is 9.77. The highest BCUT2D eigenvalue weighted by atomic mass is 31.1. The maximum absolute atomic E-state index is 6.20. The Morgan fingerprint density at radius 2 is 1.41 bits per heavy atom. The van der Waals surface area contributed by atoms with Gasteiger partial charge in [-0.1, -0.05) is 61.3 Å². The zero-order valence-corrected chi connectivity index (χ0v) is 24.7. The van der Waals surface area contributed by atoms with Crippen LogP contribution in [0.25, 0.3) is 0 Å². The number of ether oxygens (including phenoxy) is 1. The average molecular weight is 492 g/mol. The van der Waals surface area contributed by atoms with Gasteiger partial charge in [-0.3, -0.25) is 0 Å². The zero-order valence-electron chi connectivity index (χ0n) is 23.8. The Hall–Kier alpha value is 0.350. The minimum absolute atomic E-state index is 0.0337. The molecule has 0 aromatic rings. The van der Waals surface area contributed by atoms with Crippen molar-refractivity contribution in [3.05, 3.63) is 0 Å². The van der Waals surface area contributed by atoms with Gasteiger partial charge in [-0.2, -0.15) is 0 Å². The Morgan fingerprint density at radius 1 is 0.735 bits per heavy atom. The molecule has 0 saturated heterocycles. The Labute approximate surface area is 214 Å². The molecule has 0 aromatic heterocycles. The molecule has 4 aliphatic carbocycles. The molecule has 0 heterocycles. The minimum atomic E-state index is 0.0337. The van der Waals surface area contributed by atoms with Crippen molar-refractivity contribution in [2.24, 2.45) is 35.5 Å². The van der Waals surface area contributed by atoms with Crippen LogP contribution in [0, 0.1) is 35.5 Å². The molecular weight excluding hydrogens is 433 g/mol. The Balaban J connectivity index is 1.65. The van der Waals surface area contributed by atoms with Crippen LogP contribution in [0.15, 0.2) is 0 Å². The fourth-order valence-corrected chi connectivity index (χ4v) is 15.0. The molecule has 7 unspecified atom stereocenters. The van der Waals surface area contributed by atoms with Gasteiger partial charge < -0.3 is 9.64 Å². The Kier molecular flexibility index (Phi) is 9.88. The number of methoxy groups -OCH3 is 1. The minimum Gasteiger partial charge on any atom is -0.381 e. The van der Waals surface area contributed by atoms with Crippen molar-refractivity contribution in [1.82, 2.24) is 4.90 Å². The predicted octanol–water partition coefficient (Wildman–Crippen LogP) is 8.42. The van der Waals surface area contributed by atoms with E-state index in [9.17, 15) is 0 Å². The third kappa shape index (κ3) is 5.91. The van der Waals surface area contributed by atoms with Gasteiger partial charge in [0.15, 0.2) is 0 Å². The quantitative estimate of drug-likeness (QED) is 0.331. The molecule has 34 heavy (non-hydrogen) atoms. The lowest BCUT2D eigenvalue weighted by Gasteiger charge is -2.52. The van der Waals surface area contributed by atoms with E-state index in [-0.39, 0.29) is 7.92 Å². The van der Waals surface area contributed by atoms with E-state index in [4.69, 9.17) is 4.74 Å².